The highest BCUT2D eigenvalue weighted by molar-refractivity contribution is 7.10. The van der Waals surface area contributed by atoms with Crippen LogP contribution in [-0.4, -0.2) is 4.98 Å². The summed E-state index contributed by atoms with van der Waals surface area (Å²) in [6.07, 6.45) is -4.28. The summed E-state index contributed by atoms with van der Waals surface area (Å²) in [6, 6.07) is 5.05. The molecule has 0 spiro atoms. The standard InChI is InChI=1S/C11H8F3NS/c1-7-10(15-6-16-7)8-2-4-9(5-3-8)11(12,13)14/h2-6H,1H3. The molecular weight excluding hydrogens is 235 g/mol. The topological polar surface area (TPSA) is 12.9 Å². The summed E-state index contributed by atoms with van der Waals surface area (Å²) in [6.45, 7) is 1.89. The molecule has 0 saturated carbocycles. The number of rotatable bonds is 1. The number of aromatic nitrogens is 1. The number of aryl methyl sites for hydroxylation is 1. The zero-order chi connectivity index (χ0) is 11.8. The van der Waals surface area contributed by atoms with E-state index >= 15 is 0 Å². The van der Waals surface area contributed by atoms with E-state index in [0.29, 0.717) is 5.56 Å². The molecule has 16 heavy (non-hydrogen) atoms. The molecule has 1 aromatic heterocycles. The van der Waals surface area contributed by atoms with Gasteiger partial charge < -0.3 is 0 Å². The van der Waals surface area contributed by atoms with Gasteiger partial charge in [0.25, 0.3) is 0 Å². The van der Waals surface area contributed by atoms with Gasteiger partial charge in [0.2, 0.25) is 0 Å². The minimum absolute atomic E-state index is 0.635. The van der Waals surface area contributed by atoms with Gasteiger partial charge in [0.1, 0.15) is 0 Å². The number of hydrogen-bond donors (Lipinski definition) is 0. The Hall–Kier alpha value is -1.36. The fourth-order valence-electron chi connectivity index (χ4n) is 1.40. The third-order valence-electron chi connectivity index (χ3n) is 2.23. The smallest absolute Gasteiger partial charge is 0.244 e. The molecule has 1 heterocycles. The van der Waals surface area contributed by atoms with E-state index in [4.69, 9.17) is 0 Å². The average molecular weight is 243 g/mol. The number of nitrogens with zero attached hydrogens (tertiary/aromatic N) is 1. The lowest BCUT2D eigenvalue weighted by Gasteiger charge is -2.06. The molecule has 2 aromatic rings. The Labute approximate surface area is 94.6 Å². The Morgan fingerprint density at radius 1 is 1.12 bits per heavy atom. The highest BCUT2D eigenvalue weighted by Gasteiger charge is 2.30. The largest absolute Gasteiger partial charge is 0.416 e. The van der Waals surface area contributed by atoms with Crippen molar-refractivity contribution in [3.05, 3.63) is 40.2 Å². The van der Waals surface area contributed by atoms with Crippen LogP contribution in [0.5, 0.6) is 0 Å². The molecule has 0 bridgehead atoms. The second-order valence-corrected chi connectivity index (χ2v) is 4.39. The van der Waals surface area contributed by atoms with Crippen LogP contribution in [0.25, 0.3) is 11.3 Å². The molecule has 0 aliphatic carbocycles. The van der Waals surface area contributed by atoms with Crippen molar-refractivity contribution in [1.82, 2.24) is 4.98 Å². The molecule has 0 radical (unpaired) electrons. The van der Waals surface area contributed by atoms with E-state index in [9.17, 15) is 13.2 Å². The molecule has 1 nitrogen and oxygen atoms in total. The molecule has 0 aliphatic rings. The van der Waals surface area contributed by atoms with Crippen molar-refractivity contribution in [1.29, 1.82) is 0 Å². The summed E-state index contributed by atoms with van der Waals surface area (Å²) in [5, 5.41) is 0. The van der Waals surface area contributed by atoms with Crippen molar-refractivity contribution < 1.29 is 13.2 Å². The molecule has 0 N–H and O–H groups in total. The fraction of sp³-hybridized carbons (Fsp3) is 0.182. The summed E-state index contributed by atoms with van der Waals surface area (Å²) in [7, 11) is 0. The number of benzene rings is 1. The second kappa shape index (κ2) is 3.90. The molecule has 0 atom stereocenters. The molecule has 0 saturated heterocycles. The van der Waals surface area contributed by atoms with E-state index in [1.165, 1.54) is 23.5 Å². The molecule has 0 aliphatic heterocycles. The van der Waals surface area contributed by atoms with Gasteiger partial charge in [-0.25, -0.2) is 4.98 Å². The van der Waals surface area contributed by atoms with E-state index in [2.05, 4.69) is 4.98 Å². The van der Waals surface area contributed by atoms with Crippen molar-refractivity contribution in [3.8, 4) is 11.3 Å². The van der Waals surface area contributed by atoms with Crippen LogP contribution >= 0.6 is 11.3 Å². The third-order valence-corrected chi connectivity index (χ3v) is 2.99. The van der Waals surface area contributed by atoms with Gasteiger partial charge in [0.05, 0.1) is 16.8 Å². The molecule has 1 aromatic carbocycles. The minimum Gasteiger partial charge on any atom is -0.244 e. The van der Waals surface area contributed by atoms with Gasteiger partial charge in [0, 0.05) is 10.4 Å². The number of alkyl halides is 3. The molecule has 2 rings (SSSR count). The molecule has 0 unspecified atom stereocenters. The summed E-state index contributed by atoms with van der Waals surface area (Å²) in [4.78, 5) is 5.11. The Kier molecular flexibility index (Phi) is 2.71. The summed E-state index contributed by atoms with van der Waals surface area (Å²) >= 11 is 1.48. The first-order valence-electron chi connectivity index (χ1n) is 4.56. The van der Waals surface area contributed by atoms with Crippen molar-refractivity contribution in [2.45, 2.75) is 13.1 Å². The van der Waals surface area contributed by atoms with Crippen molar-refractivity contribution in [2.24, 2.45) is 0 Å². The Morgan fingerprint density at radius 3 is 2.19 bits per heavy atom. The van der Waals surface area contributed by atoms with Gasteiger partial charge in [0.15, 0.2) is 0 Å². The maximum atomic E-state index is 12.3. The monoisotopic (exact) mass is 243 g/mol. The fourth-order valence-corrected chi connectivity index (χ4v) is 2.00. The normalized spacial score (nSPS) is 11.8. The molecule has 0 amide bonds. The van der Waals surface area contributed by atoms with Crippen molar-refractivity contribution in [2.75, 3.05) is 0 Å². The number of thiazole rings is 1. The van der Waals surface area contributed by atoms with E-state index in [-0.39, 0.29) is 0 Å². The second-order valence-electron chi connectivity index (χ2n) is 3.33. The first-order chi connectivity index (χ1) is 7.48. The van der Waals surface area contributed by atoms with E-state index in [0.717, 1.165) is 22.7 Å². The lowest BCUT2D eigenvalue weighted by molar-refractivity contribution is -0.137. The quantitative estimate of drug-likeness (QED) is 0.733. The van der Waals surface area contributed by atoms with Crippen LogP contribution in [-0.2, 0) is 6.18 Å². The predicted octanol–water partition coefficient (Wildman–Crippen LogP) is 4.14. The van der Waals surface area contributed by atoms with Crippen molar-refractivity contribution >= 4 is 11.3 Å². The Balaban J connectivity index is 2.37. The summed E-state index contributed by atoms with van der Waals surface area (Å²) in [5.74, 6) is 0. The zero-order valence-corrected chi connectivity index (χ0v) is 9.19. The Morgan fingerprint density at radius 2 is 1.75 bits per heavy atom. The van der Waals surface area contributed by atoms with Gasteiger partial charge >= 0.3 is 6.18 Å². The van der Waals surface area contributed by atoms with Crippen molar-refractivity contribution in [3.63, 3.8) is 0 Å². The van der Waals surface area contributed by atoms with Gasteiger partial charge in [-0.15, -0.1) is 11.3 Å². The Bertz CT molecular complexity index is 485. The molecule has 0 fully saturated rings. The molecule has 5 heteroatoms. The molecular formula is C11H8F3NS. The highest BCUT2D eigenvalue weighted by atomic mass is 32.1. The number of halogens is 3. The number of hydrogen-bond acceptors (Lipinski definition) is 2. The average Bonchev–Trinajstić information content (AvgIpc) is 2.63. The first-order valence-corrected chi connectivity index (χ1v) is 5.44. The van der Waals surface area contributed by atoms with Crippen LogP contribution in [0.2, 0.25) is 0 Å². The lowest BCUT2D eigenvalue weighted by atomic mass is 10.1. The van der Waals surface area contributed by atoms with Crippen LogP contribution in [0, 0.1) is 6.92 Å². The van der Waals surface area contributed by atoms with E-state index in [1.807, 2.05) is 6.92 Å². The van der Waals surface area contributed by atoms with Crippen LogP contribution in [0.15, 0.2) is 29.8 Å². The summed E-state index contributed by atoms with van der Waals surface area (Å²) < 4.78 is 37.0. The SMILES string of the molecule is Cc1scnc1-c1ccc(C(F)(F)F)cc1. The maximum Gasteiger partial charge on any atom is 0.416 e. The minimum atomic E-state index is -4.28. The highest BCUT2D eigenvalue weighted by Crippen LogP contribution is 2.31. The van der Waals surface area contributed by atoms with Gasteiger partial charge in [-0.3, -0.25) is 0 Å². The van der Waals surface area contributed by atoms with E-state index in [1.54, 1.807) is 5.51 Å². The third kappa shape index (κ3) is 2.09. The van der Waals surface area contributed by atoms with Crippen LogP contribution in [0.1, 0.15) is 10.4 Å². The molecule has 84 valence electrons. The maximum absolute atomic E-state index is 12.3. The van der Waals surface area contributed by atoms with E-state index < -0.39 is 11.7 Å². The lowest BCUT2D eigenvalue weighted by Crippen LogP contribution is -2.04. The van der Waals surface area contributed by atoms with Crippen LogP contribution in [0.4, 0.5) is 13.2 Å². The van der Waals surface area contributed by atoms with Gasteiger partial charge in [-0.2, -0.15) is 13.2 Å². The van der Waals surface area contributed by atoms with Gasteiger partial charge in [-0.05, 0) is 19.1 Å². The predicted molar refractivity (Wildman–Crippen MR) is 57.3 cm³/mol. The van der Waals surface area contributed by atoms with Gasteiger partial charge in [-0.1, -0.05) is 12.1 Å². The zero-order valence-electron chi connectivity index (χ0n) is 8.38. The summed E-state index contributed by atoms with van der Waals surface area (Å²) in [5.41, 5.74) is 2.51. The first kappa shape index (κ1) is 11.1. The van der Waals surface area contributed by atoms with Crippen LogP contribution < -0.4 is 0 Å². The van der Waals surface area contributed by atoms with Crippen LogP contribution in [0.3, 0.4) is 0 Å².